The van der Waals surface area contributed by atoms with Gasteiger partial charge in [-0.1, -0.05) is 13.0 Å². The molecule has 0 spiro atoms. The van der Waals surface area contributed by atoms with Crippen molar-refractivity contribution in [1.82, 2.24) is 4.98 Å². The molecule has 4 nitrogen and oxygen atoms in total. The third-order valence-corrected chi connectivity index (χ3v) is 3.44. The maximum atomic E-state index is 12.7. The largest absolute Gasteiger partial charge is 0.496 e. The van der Waals surface area contributed by atoms with Crippen molar-refractivity contribution in [2.75, 3.05) is 7.11 Å². The summed E-state index contributed by atoms with van der Waals surface area (Å²) in [6.07, 6.45) is 3.97. The van der Waals surface area contributed by atoms with E-state index in [9.17, 15) is 4.79 Å². The molecule has 0 unspecified atom stereocenters. The molecule has 1 N–H and O–H groups in total. The van der Waals surface area contributed by atoms with E-state index in [-0.39, 0.29) is 5.78 Å². The Morgan fingerprint density at radius 3 is 2.90 bits per heavy atom. The van der Waals surface area contributed by atoms with Crippen LogP contribution in [-0.4, -0.2) is 17.9 Å². The summed E-state index contributed by atoms with van der Waals surface area (Å²) < 4.78 is 10.7. The molecular weight excluding hydrogens is 254 g/mol. The van der Waals surface area contributed by atoms with E-state index in [1.165, 1.54) is 0 Å². The number of benzene rings is 1. The first-order valence-corrected chi connectivity index (χ1v) is 6.51. The van der Waals surface area contributed by atoms with E-state index < -0.39 is 0 Å². The van der Waals surface area contributed by atoms with Gasteiger partial charge in [-0.25, -0.2) is 0 Å². The summed E-state index contributed by atoms with van der Waals surface area (Å²) in [6, 6.07) is 7.38. The SMILES string of the molecule is CCc1occc1C(=O)c1c[nH]c2cccc(OC)c12. The highest BCUT2D eigenvalue weighted by atomic mass is 16.5. The predicted molar refractivity (Wildman–Crippen MR) is 76.4 cm³/mol. The summed E-state index contributed by atoms with van der Waals surface area (Å²) in [6.45, 7) is 1.96. The fraction of sp³-hybridized carbons (Fsp3) is 0.188. The zero-order chi connectivity index (χ0) is 14.1. The average molecular weight is 269 g/mol. The number of aromatic nitrogens is 1. The quantitative estimate of drug-likeness (QED) is 0.737. The molecule has 20 heavy (non-hydrogen) atoms. The predicted octanol–water partition coefficient (Wildman–Crippen LogP) is 3.56. The first-order chi connectivity index (χ1) is 9.76. The number of hydrogen-bond acceptors (Lipinski definition) is 3. The van der Waals surface area contributed by atoms with Crippen LogP contribution in [0.1, 0.15) is 28.6 Å². The Bertz CT molecular complexity index is 767. The molecule has 3 rings (SSSR count). The number of aromatic amines is 1. The summed E-state index contributed by atoms with van der Waals surface area (Å²) >= 11 is 0. The molecule has 4 heteroatoms. The molecule has 0 amide bonds. The number of nitrogens with one attached hydrogen (secondary N) is 1. The van der Waals surface area contributed by atoms with Crippen molar-refractivity contribution in [2.24, 2.45) is 0 Å². The number of hydrogen-bond donors (Lipinski definition) is 1. The zero-order valence-corrected chi connectivity index (χ0v) is 11.4. The van der Waals surface area contributed by atoms with Crippen LogP contribution >= 0.6 is 0 Å². The monoisotopic (exact) mass is 269 g/mol. The second-order valence-corrected chi connectivity index (χ2v) is 4.53. The summed E-state index contributed by atoms with van der Waals surface area (Å²) in [4.78, 5) is 15.8. The van der Waals surface area contributed by atoms with Gasteiger partial charge in [-0.15, -0.1) is 0 Å². The Labute approximate surface area is 116 Å². The first-order valence-electron chi connectivity index (χ1n) is 6.51. The van der Waals surface area contributed by atoms with Gasteiger partial charge in [-0.05, 0) is 18.2 Å². The minimum atomic E-state index is -0.0497. The third kappa shape index (κ3) is 1.81. The second kappa shape index (κ2) is 4.89. The van der Waals surface area contributed by atoms with Crippen LogP contribution < -0.4 is 4.74 Å². The number of carbonyl (C=O) groups excluding carboxylic acids is 1. The first kappa shape index (κ1) is 12.5. The Kier molecular flexibility index (Phi) is 3.06. The number of ketones is 1. The van der Waals surface area contributed by atoms with Gasteiger partial charge in [0.2, 0.25) is 0 Å². The fourth-order valence-corrected chi connectivity index (χ4v) is 2.46. The van der Waals surface area contributed by atoms with Crippen molar-refractivity contribution >= 4 is 16.7 Å². The maximum Gasteiger partial charge on any atom is 0.198 e. The molecule has 0 saturated carbocycles. The molecule has 0 radical (unpaired) electrons. The van der Waals surface area contributed by atoms with Crippen LogP contribution in [0.2, 0.25) is 0 Å². The fourth-order valence-electron chi connectivity index (χ4n) is 2.46. The number of fused-ring (bicyclic) bond motifs is 1. The topological polar surface area (TPSA) is 55.2 Å². The van der Waals surface area contributed by atoms with Gasteiger partial charge in [0, 0.05) is 18.1 Å². The van der Waals surface area contributed by atoms with Crippen LogP contribution in [0.3, 0.4) is 0 Å². The number of methoxy groups -OCH3 is 1. The molecule has 0 saturated heterocycles. The van der Waals surface area contributed by atoms with Gasteiger partial charge in [-0.2, -0.15) is 0 Å². The van der Waals surface area contributed by atoms with Gasteiger partial charge in [-0.3, -0.25) is 4.79 Å². The minimum absolute atomic E-state index is 0.0497. The summed E-state index contributed by atoms with van der Waals surface area (Å²) in [5.41, 5.74) is 2.10. The van der Waals surface area contributed by atoms with Crippen LogP contribution in [-0.2, 0) is 6.42 Å². The lowest BCUT2D eigenvalue weighted by molar-refractivity contribution is 0.103. The Hall–Kier alpha value is -2.49. The van der Waals surface area contributed by atoms with Gasteiger partial charge in [0.15, 0.2) is 5.78 Å². The van der Waals surface area contributed by atoms with Crippen LogP contribution in [0, 0.1) is 0 Å². The van der Waals surface area contributed by atoms with E-state index in [1.54, 1.807) is 25.6 Å². The Balaban J connectivity index is 2.17. The number of aryl methyl sites for hydroxylation is 1. The maximum absolute atomic E-state index is 12.7. The molecule has 0 aliphatic carbocycles. The van der Waals surface area contributed by atoms with E-state index in [0.717, 1.165) is 10.9 Å². The summed E-state index contributed by atoms with van der Waals surface area (Å²) in [5, 5.41) is 0.809. The smallest absolute Gasteiger partial charge is 0.198 e. The van der Waals surface area contributed by atoms with Crippen molar-refractivity contribution < 1.29 is 13.9 Å². The van der Waals surface area contributed by atoms with Gasteiger partial charge in [0.1, 0.15) is 11.5 Å². The summed E-state index contributed by atoms with van der Waals surface area (Å²) in [7, 11) is 1.60. The van der Waals surface area contributed by atoms with E-state index in [4.69, 9.17) is 9.15 Å². The van der Waals surface area contributed by atoms with Gasteiger partial charge in [0.05, 0.1) is 29.9 Å². The Morgan fingerprint density at radius 1 is 1.30 bits per heavy atom. The molecule has 0 aliphatic heterocycles. The van der Waals surface area contributed by atoms with Gasteiger partial charge < -0.3 is 14.1 Å². The van der Waals surface area contributed by atoms with Crippen molar-refractivity contribution in [1.29, 1.82) is 0 Å². The Morgan fingerprint density at radius 2 is 2.15 bits per heavy atom. The van der Waals surface area contributed by atoms with Crippen molar-refractivity contribution in [2.45, 2.75) is 13.3 Å². The number of H-pyrrole nitrogens is 1. The molecule has 2 heterocycles. The molecule has 2 aromatic heterocycles. The number of ether oxygens (including phenoxy) is 1. The van der Waals surface area contributed by atoms with Crippen molar-refractivity contribution in [3.63, 3.8) is 0 Å². The number of carbonyl (C=O) groups is 1. The lowest BCUT2D eigenvalue weighted by atomic mass is 10.0. The molecule has 0 aliphatic rings. The van der Waals surface area contributed by atoms with Gasteiger partial charge >= 0.3 is 0 Å². The minimum Gasteiger partial charge on any atom is -0.496 e. The van der Waals surface area contributed by atoms with Crippen molar-refractivity contribution in [3.8, 4) is 5.75 Å². The molecule has 0 atom stereocenters. The van der Waals surface area contributed by atoms with Crippen LogP contribution in [0.25, 0.3) is 10.9 Å². The van der Waals surface area contributed by atoms with Crippen LogP contribution in [0.5, 0.6) is 5.75 Å². The van der Waals surface area contributed by atoms with Crippen LogP contribution in [0.4, 0.5) is 0 Å². The highest BCUT2D eigenvalue weighted by Crippen LogP contribution is 2.30. The van der Waals surface area contributed by atoms with Crippen molar-refractivity contribution in [3.05, 3.63) is 53.6 Å². The van der Waals surface area contributed by atoms with Crippen LogP contribution in [0.15, 0.2) is 41.1 Å². The molecule has 0 bridgehead atoms. The lowest BCUT2D eigenvalue weighted by Crippen LogP contribution is -2.02. The van der Waals surface area contributed by atoms with E-state index in [2.05, 4.69) is 4.98 Å². The zero-order valence-electron chi connectivity index (χ0n) is 11.4. The van der Waals surface area contributed by atoms with Gasteiger partial charge in [0.25, 0.3) is 0 Å². The molecule has 0 fully saturated rings. The normalized spacial score (nSPS) is 10.9. The average Bonchev–Trinajstić information content (AvgIpc) is 3.12. The van der Waals surface area contributed by atoms with E-state index >= 15 is 0 Å². The molecular formula is C16H15NO3. The summed E-state index contributed by atoms with van der Waals surface area (Å²) in [5.74, 6) is 1.35. The number of furan rings is 1. The van der Waals surface area contributed by atoms with E-state index in [0.29, 0.717) is 29.1 Å². The standard InChI is InChI=1S/C16H15NO3/c1-3-13-10(7-8-20-13)16(18)11-9-17-12-5-4-6-14(19-2)15(11)12/h4-9,17H,3H2,1-2H3. The highest BCUT2D eigenvalue weighted by molar-refractivity contribution is 6.18. The highest BCUT2D eigenvalue weighted by Gasteiger charge is 2.20. The number of rotatable bonds is 4. The van der Waals surface area contributed by atoms with E-state index in [1.807, 2.05) is 25.1 Å². The molecule has 1 aromatic carbocycles. The lowest BCUT2D eigenvalue weighted by Gasteiger charge is -2.04. The molecule has 102 valence electrons. The third-order valence-electron chi connectivity index (χ3n) is 3.44. The molecule has 3 aromatic rings. The second-order valence-electron chi connectivity index (χ2n) is 4.53.